The van der Waals surface area contributed by atoms with Crippen molar-refractivity contribution in [2.75, 3.05) is 20.6 Å². The van der Waals surface area contributed by atoms with Crippen LogP contribution in [-0.4, -0.2) is 40.5 Å². The molecule has 0 aromatic carbocycles. The number of likely N-dealkylation sites (N-methyl/N-ethyl adjacent to an activating group) is 1. The molecule has 0 amide bonds. The molecule has 3 aromatic rings. The monoisotopic (exact) mass is 329 g/mol. The SMILES string of the molecule is CN(C)[C@@H](CNCc1csc(-c2ncccn2)n1)c1ccco1. The standard InChI is InChI=1S/C16H19N5OS/c1-21(2)13(14-5-3-8-22-14)10-17-9-12-11-23-16(20-12)15-18-6-4-7-19-15/h3-8,11,13,17H,9-10H2,1-2H3/t13-/m0/s1. The summed E-state index contributed by atoms with van der Waals surface area (Å²) < 4.78 is 5.51. The van der Waals surface area contributed by atoms with Gasteiger partial charge in [-0.1, -0.05) is 0 Å². The second kappa shape index (κ2) is 7.45. The summed E-state index contributed by atoms with van der Waals surface area (Å²) >= 11 is 1.56. The van der Waals surface area contributed by atoms with Crippen molar-refractivity contribution < 1.29 is 4.42 Å². The molecule has 0 spiro atoms. The van der Waals surface area contributed by atoms with Crippen LogP contribution in [0.25, 0.3) is 10.8 Å². The van der Waals surface area contributed by atoms with Gasteiger partial charge in [0.15, 0.2) is 10.8 Å². The Kier molecular flexibility index (Phi) is 5.12. The molecule has 0 fully saturated rings. The lowest BCUT2D eigenvalue weighted by molar-refractivity contribution is 0.250. The molecular formula is C16H19N5OS. The van der Waals surface area contributed by atoms with Crippen LogP contribution in [0.5, 0.6) is 0 Å². The number of rotatable bonds is 7. The second-order valence-electron chi connectivity index (χ2n) is 5.34. The van der Waals surface area contributed by atoms with Crippen molar-refractivity contribution in [2.24, 2.45) is 0 Å². The maximum absolute atomic E-state index is 5.51. The highest BCUT2D eigenvalue weighted by molar-refractivity contribution is 7.13. The molecule has 0 aliphatic rings. The predicted molar refractivity (Wildman–Crippen MR) is 90.0 cm³/mol. The van der Waals surface area contributed by atoms with E-state index < -0.39 is 0 Å². The minimum Gasteiger partial charge on any atom is -0.468 e. The molecular weight excluding hydrogens is 310 g/mol. The number of nitrogens with zero attached hydrogens (tertiary/aromatic N) is 4. The van der Waals surface area contributed by atoms with Crippen LogP contribution in [-0.2, 0) is 6.54 Å². The molecule has 120 valence electrons. The molecule has 7 heteroatoms. The van der Waals surface area contributed by atoms with E-state index in [9.17, 15) is 0 Å². The molecule has 23 heavy (non-hydrogen) atoms. The number of thiazole rings is 1. The van der Waals surface area contributed by atoms with Crippen LogP contribution in [0.2, 0.25) is 0 Å². The van der Waals surface area contributed by atoms with Gasteiger partial charge in [0, 0.05) is 30.9 Å². The first-order valence-corrected chi connectivity index (χ1v) is 8.24. The predicted octanol–water partition coefficient (Wildman–Crippen LogP) is 2.59. The van der Waals surface area contributed by atoms with Crippen LogP contribution in [0.4, 0.5) is 0 Å². The van der Waals surface area contributed by atoms with Gasteiger partial charge in [0.2, 0.25) is 0 Å². The van der Waals surface area contributed by atoms with E-state index in [2.05, 4.69) is 25.2 Å². The average Bonchev–Trinajstić information content (AvgIpc) is 3.24. The molecule has 0 bridgehead atoms. The molecule has 0 unspecified atom stereocenters. The quantitative estimate of drug-likeness (QED) is 0.719. The number of nitrogens with one attached hydrogen (secondary N) is 1. The van der Waals surface area contributed by atoms with Gasteiger partial charge in [0.05, 0.1) is 18.0 Å². The Morgan fingerprint density at radius 2 is 2.09 bits per heavy atom. The van der Waals surface area contributed by atoms with Crippen LogP contribution in [0.1, 0.15) is 17.5 Å². The van der Waals surface area contributed by atoms with Crippen molar-refractivity contribution in [1.82, 2.24) is 25.2 Å². The van der Waals surface area contributed by atoms with Crippen molar-refractivity contribution in [3.8, 4) is 10.8 Å². The molecule has 3 heterocycles. The van der Waals surface area contributed by atoms with Crippen LogP contribution < -0.4 is 5.32 Å². The minimum absolute atomic E-state index is 0.195. The Bertz CT molecular complexity index is 711. The van der Waals surface area contributed by atoms with Gasteiger partial charge < -0.3 is 9.73 Å². The zero-order chi connectivity index (χ0) is 16.1. The first-order chi connectivity index (χ1) is 11.2. The lowest BCUT2D eigenvalue weighted by Gasteiger charge is -2.22. The Labute approximate surface area is 139 Å². The number of hydrogen-bond donors (Lipinski definition) is 1. The molecule has 0 radical (unpaired) electrons. The van der Waals surface area contributed by atoms with E-state index in [0.29, 0.717) is 12.4 Å². The summed E-state index contributed by atoms with van der Waals surface area (Å²) in [4.78, 5) is 15.2. The first-order valence-electron chi connectivity index (χ1n) is 7.36. The number of furan rings is 1. The summed E-state index contributed by atoms with van der Waals surface area (Å²) in [6, 6.07) is 5.91. The third kappa shape index (κ3) is 4.01. The minimum atomic E-state index is 0.195. The van der Waals surface area contributed by atoms with Crippen molar-refractivity contribution in [1.29, 1.82) is 0 Å². The Hall–Kier alpha value is -2.09. The third-order valence-electron chi connectivity index (χ3n) is 3.45. The molecule has 0 aliphatic heterocycles. The summed E-state index contributed by atoms with van der Waals surface area (Å²) in [5, 5.41) is 6.32. The van der Waals surface area contributed by atoms with Gasteiger partial charge in [-0.15, -0.1) is 11.3 Å². The van der Waals surface area contributed by atoms with Crippen molar-refractivity contribution in [2.45, 2.75) is 12.6 Å². The first kappa shape index (κ1) is 15.8. The highest BCUT2D eigenvalue weighted by Crippen LogP contribution is 2.20. The molecule has 0 saturated carbocycles. The zero-order valence-corrected chi connectivity index (χ0v) is 14.0. The highest BCUT2D eigenvalue weighted by Gasteiger charge is 2.16. The van der Waals surface area contributed by atoms with Crippen LogP contribution in [0, 0.1) is 0 Å². The van der Waals surface area contributed by atoms with Gasteiger partial charge in [-0.2, -0.15) is 0 Å². The summed E-state index contributed by atoms with van der Waals surface area (Å²) in [5.41, 5.74) is 0.995. The Morgan fingerprint density at radius 3 is 2.78 bits per heavy atom. The molecule has 0 aliphatic carbocycles. The van der Waals surface area contributed by atoms with E-state index in [1.54, 1.807) is 36.1 Å². The van der Waals surface area contributed by atoms with Crippen LogP contribution in [0.15, 0.2) is 46.7 Å². The Balaban J connectivity index is 1.57. The maximum atomic E-state index is 5.51. The number of aromatic nitrogens is 3. The van der Waals surface area contributed by atoms with Gasteiger partial charge in [0.25, 0.3) is 0 Å². The summed E-state index contributed by atoms with van der Waals surface area (Å²) in [5.74, 6) is 1.63. The lowest BCUT2D eigenvalue weighted by atomic mass is 10.2. The Morgan fingerprint density at radius 1 is 1.26 bits per heavy atom. The van der Waals surface area contributed by atoms with E-state index in [4.69, 9.17) is 4.42 Å². The second-order valence-corrected chi connectivity index (χ2v) is 6.20. The molecule has 1 N–H and O–H groups in total. The largest absolute Gasteiger partial charge is 0.468 e. The lowest BCUT2D eigenvalue weighted by Crippen LogP contribution is -2.30. The van der Waals surface area contributed by atoms with E-state index in [0.717, 1.165) is 23.0 Å². The van der Waals surface area contributed by atoms with E-state index in [1.165, 1.54) is 0 Å². The maximum Gasteiger partial charge on any atom is 0.188 e. The summed E-state index contributed by atoms with van der Waals surface area (Å²) in [6.07, 6.45) is 5.16. The van der Waals surface area contributed by atoms with E-state index in [-0.39, 0.29) is 6.04 Å². The van der Waals surface area contributed by atoms with Crippen LogP contribution >= 0.6 is 11.3 Å². The molecule has 0 saturated heterocycles. The van der Waals surface area contributed by atoms with E-state index in [1.807, 2.05) is 31.6 Å². The van der Waals surface area contributed by atoms with Gasteiger partial charge in [-0.25, -0.2) is 15.0 Å². The number of hydrogen-bond acceptors (Lipinski definition) is 7. The fraction of sp³-hybridized carbons (Fsp3) is 0.312. The molecule has 6 nitrogen and oxygen atoms in total. The van der Waals surface area contributed by atoms with Gasteiger partial charge in [-0.3, -0.25) is 4.90 Å². The highest BCUT2D eigenvalue weighted by atomic mass is 32.1. The normalized spacial score (nSPS) is 12.7. The van der Waals surface area contributed by atoms with Gasteiger partial charge in [-0.05, 0) is 32.3 Å². The topological polar surface area (TPSA) is 67.1 Å². The molecule has 1 atom stereocenters. The smallest absolute Gasteiger partial charge is 0.188 e. The van der Waals surface area contributed by atoms with Crippen molar-refractivity contribution in [3.63, 3.8) is 0 Å². The van der Waals surface area contributed by atoms with Gasteiger partial charge in [0.1, 0.15) is 5.76 Å². The fourth-order valence-corrected chi connectivity index (χ4v) is 3.02. The zero-order valence-electron chi connectivity index (χ0n) is 13.1. The third-order valence-corrected chi connectivity index (χ3v) is 4.33. The molecule has 3 rings (SSSR count). The average molecular weight is 329 g/mol. The van der Waals surface area contributed by atoms with Crippen molar-refractivity contribution in [3.05, 3.63) is 53.7 Å². The van der Waals surface area contributed by atoms with Gasteiger partial charge >= 0.3 is 0 Å². The van der Waals surface area contributed by atoms with E-state index >= 15 is 0 Å². The summed E-state index contributed by atoms with van der Waals surface area (Å²) in [7, 11) is 4.09. The van der Waals surface area contributed by atoms with Crippen LogP contribution in [0.3, 0.4) is 0 Å². The van der Waals surface area contributed by atoms with Crippen molar-refractivity contribution >= 4 is 11.3 Å². The summed E-state index contributed by atoms with van der Waals surface area (Å²) in [6.45, 7) is 1.49. The fourth-order valence-electron chi connectivity index (χ4n) is 2.26. The molecule has 3 aromatic heterocycles.